The molecule has 1 aromatic rings. The van der Waals surface area contributed by atoms with Crippen molar-refractivity contribution in [2.75, 3.05) is 5.75 Å². The van der Waals surface area contributed by atoms with Crippen LogP contribution in [0.5, 0.6) is 0 Å². The van der Waals surface area contributed by atoms with Gasteiger partial charge in [-0.05, 0) is 48.6 Å². The Hall–Kier alpha value is -0.870. The first-order valence-corrected chi connectivity index (χ1v) is 10.4. The van der Waals surface area contributed by atoms with Gasteiger partial charge in [0, 0.05) is 0 Å². The van der Waals surface area contributed by atoms with E-state index < -0.39 is 9.84 Å². The van der Waals surface area contributed by atoms with Crippen molar-refractivity contribution in [1.29, 1.82) is 0 Å². The second-order valence-electron chi connectivity index (χ2n) is 7.74. The lowest BCUT2D eigenvalue weighted by molar-refractivity contribution is -0.0757. The molecule has 3 rings (SSSR count). The van der Waals surface area contributed by atoms with E-state index in [1.165, 1.54) is 6.42 Å². The fourth-order valence-electron chi connectivity index (χ4n) is 4.70. The highest BCUT2D eigenvalue weighted by Crippen LogP contribution is 2.54. The fourth-order valence-corrected chi connectivity index (χ4v) is 6.20. The van der Waals surface area contributed by atoms with Crippen LogP contribution in [0.4, 0.5) is 0 Å². The van der Waals surface area contributed by atoms with E-state index in [-0.39, 0.29) is 18.0 Å². The van der Waals surface area contributed by atoms with E-state index in [1.54, 1.807) is 24.3 Å². The summed E-state index contributed by atoms with van der Waals surface area (Å²) in [5.74, 6) is 1.36. The van der Waals surface area contributed by atoms with Crippen molar-refractivity contribution in [2.45, 2.75) is 63.6 Å². The first-order valence-electron chi connectivity index (χ1n) is 8.78. The van der Waals surface area contributed by atoms with Crippen molar-refractivity contribution in [1.82, 2.24) is 0 Å². The normalized spacial score (nSPS) is 33.3. The van der Waals surface area contributed by atoms with Crippen molar-refractivity contribution in [2.24, 2.45) is 17.3 Å². The number of hydrogen-bond acceptors (Lipinski definition) is 3. The van der Waals surface area contributed by atoms with Gasteiger partial charge in [-0.25, -0.2) is 8.42 Å². The van der Waals surface area contributed by atoms with Crippen LogP contribution in [0.3, 0.4) is 0 Å². The van der Waals surface area contributed by atoms with Crippen molar-refractivity contribution in [3.8, 4) is 0 Å². The minimum absolute atomic E-state index is 0.109. The highest BCUT2D eigenvalue weighted by Gasteiger charge is 2.51. The molecule has 1 saturated carbocycles. The maximum absolute atomic E-state index is 12.6. The van der Waals surface area contributed by atoms with Crippen LogP contribution in [0.15, 0.2) is 35.2 Å². The monoisotopic (exact) mass is 336 g/mol. The van der Waals surface area contributed by atoms with Gasteiger partial charge in [-0.1, -0.05) is 45.4 Å². The molecule has 1 heterocycles. The van der Waals surface area contributed by atoms with Crippen LogP contribution < -0.4 is 0 Å². The quantitative estimate of drug-likeness (QED) is 0.832. The van der Waals surface area contributed by atoms with E-state index >= 15 is 0 Å². The molecule has 4 atom stereocenters. The summed E-state index contributed by atoms with van der Waals surface area (Å²) < 4.78 is 31.4. The molecular formula is C19H28O3S. The van der Waals surface area contributed by atoms with Crippen molar-refractivity contribution in [3.63, 3.8) is 0 Å². The Bertz CT molecular complexity index is 636. The Balaban J connectivity index is 1.69. The van der Waals surface area contributed by atoms with Gasteiger partial charge in [0.2, 0.25) is 0 Å². The third-order valence-corrected chi connectivity index (χ3v) is 7.94. The first kappa shape index (κ1) is 17.0. The van der Waals surface area contributed by atoms with Gasteiger partial charge >= 0.3 is 0 Å². The zero-order chi connectivity index (χ0) is 16.7. The second-order valence-corrected chi connectivity index (χ2v) is 9.77. The third-order valence-electron chi connectivity index (χ3n) is 6.14. The van der Waals surface area contributed by atoms with Gasteiger partial charge in [-0.3, -0.25) is 0 Å². The molecule has 0 amide bonds. The zero-order valence-corrected chi connectivity index (χ0v) is 15.2. The van der Waals surface area contributed by atoms with Gasteiger partial charge in [0.1, 0.15) is 0 Å². The van der Waals surface area contributed by atoms with Crippen molar-refractivity contribution in [3.05, 3.63) is 30.3 Å². The number of rotatable bonds is 4. The van der Waals surface area contributed by atoms with E-state index in [2.05, 4.69) is 20.8 Å². The lowest BCUT2D eigenvalue weighted by Crippen LogP contribution is -2.39. The topological polar surface area (TPSA) is 43.4 Å². The predicted octanol–water partition coefficient (Wildman–Crippen LogP) is 4.08. The Morgan fingerprint density at radius 3 is 2.52 bits per heavy atom. The molecule has 0 N–H and O–H groups in total. The lowest BCUT2D eigenvalue weighted by Gasteiger charge is -2.39. The van der Waals surface area contributed by atoms with Crippen LogP contribution in [0.2, 0.25) is 0 Å². The van der Waals surface area contributed by atoms with E-state index in [1.807, 2.05) is 6.07 Å². The number of benzene rings is 1. The molecule has 4 unspecified atom stereocenters. The van der Waals surface area contributed by atoms with E-state index in [4.69, 9.17) is 4.74 Å². The molecule has 3 nitrogen and oxygen atoms in total. The molecule has 4 heteroatoms. The van der Waals surface area contributed by atoms with Crippen LogP contribution in [-0.2, 0) is 14.6 Å². The Morgan fingerprint density at radius 2 is 1.87 bits per heavy atom. The summed E-state index contributed by atoms with van der Waals surface area (Å²) in [7, 11) is -3.26. The molecule has 128 valence electrons. The van der Waals surface area contributed by atoms with Gasteiger partial charge in [-0.15, -0.1) is 0 Å². The van der Waals surface area contributed by atoms with Crippen LogP contribution in [0, 0.1) is 17.3 Å². The summed E-state index contributed by atoms with van der Waals surface area (Å²) >= 11 is 0. The van der Waals surface area contributed by atoms with E-state index in [0.717, 1.165) is 19.3 Å². The lowest BCUT2D eigenvalue weighted by atomic mass is 9.72. The molecule has 1 aliphatic heterocycles. The summed E-state index contributed by atoms with van der Waals surface area (Å²) in [6.45, 7) is 6.97. The van der Waals surface area contributed by atoms with E-state index in [0.29, 0.717) is 22.1 Å². The van der Waals surface area contributed by atoms with Crippen LogP contribution in [0.25, 0.3) is 0 Å². The molecule has 2 fully saturated rings. The molecule has 0 spiro atoms. The minimum Gasteiger partial charge on any atom is -0.374 e. The third kappa shape index (κ3) is 3.20. The molecule has 1 aromatic carbocycles. The Kier molecular flexibility index (Phi) is 4.58. The largest absolute Gasteiger partial charge is 0.374 e. The summed E-state index contributed by atoms with van der Waals surface area (Å²) in [5.41, 5.74) is 0.308. The number of ether oxygens (including phenoxy) is 1. The van der Waals surface area contributed by atoms with Crippen molar-refractivity contribution < 1.29 is 13.2 Å². The van der Waals surface area contributed by atoms with Crippen LogP contribution in [-0.4, -0.2) is 26.4 Å². The number of fused-ring (bicyclic) bond motifs is 1. The average molecular weight is 336 g/mol. The average Bonchev–Trinajstić information content (AvgIpc) is 2.78. The minimum atomic E-state index is -3.26. The summed E-state index contributed by atoms with van der Waals surface area (Å²) in [6, 6.07) is 8.73. The predicted molar refractivity (Wildman–Crippen MR) is 92.1 cm³/mol. The van der Waals surface area contributed by atoms with Gasteiger partial charge in [-0.2, -0.15) is 0 Å². The SMILES string of the molecule is CCC1CC2OC(CS(=O)(=O)c3ccccc3)CCC2C1(C)C. The first-order chi connectivity index (χ1) is 10.8. The molecule has 0 bridgehead atoms. The summed E-state index contributed by atoms with van der Waals surface area (Å²) in [5, 5.41) is 0. The molecule has 1 aliphatic carbocycles. The summed E-state index contributed by atoms with van der Waals surface area (Å²) in [4.78, 5) is 0.406. The molecule has 0 aromatic heterocycles. The molecular weight excluding hydrogens is 308 g/mol. The maximum Gasteiger partial charge on any atom is 0.180 e. The van der Waals surface area contributed by atoms with Gasteiger partial charge in [0.15, 0.2) is 9.84 Å². The Morgan fingerprint density at radius 1 is 1.17 bits per heavy atom. The maximum atomic E-state index is 12.6. The highest BCUT2D eigenvalue weighted by atomic mass is 32.2. The standard InChI is InChI=1S/C19H28O3S/c1-4-14-12-18-17(19(14,2)3)11-10-15(22-18)13-23(20,21)16-8-6-5-7-9-16/h5-9,14-15,17-18H,4,10-13H2,1-3H3. The van der Waals surface area contributed by atoms with Gasteiger partial charge < -0.3 is 4.74 Å². The van der Waals surface area contributed by atoms with Gasteiger partial charge in [0.25, 0.3) is 0 Å². The molecule has 23 heavy (non-hydrogen) atoms. The number of sulfone groups is 1. The molecule has 1 saturated heterocycles. The zero-order valence-electron chi connectivity index (χ0n) is 14.4. The molecule has 2 aliphatic rings. The number of hydrogen-bond donors (Lipinski definition) is 0. The van der Waals surface area contributed by atoms with E-state index in [9.17, 15) is 8.42 Å². The Labute approximate surface area is 140 Å². The van der Waals surface area contributed by atoms with Crippen molar-refractivity contribution >= 4 is 9.84 Å². The second kappa shape index (κ2) is 6.21. The molecule has 0 radical (unpaired) electrons. The fraction of sp³-hybridized carbons (Fsp3) is 0.684. The highest BCUT2D eigenvalue weighted by molar-refractivity contribution is 7.91. The smallest absolute Gasteiger partial charge is 0.180 e. The van der Waals surface area contributed by atoms with Crippen LogP contribution in [0.1, 0.15) is 46.5 Å². The summed E-state index contributed by atoms with van der Waals surface area (Å²) in [6.07, 6.45) is 4.27. The van der Waals surface area contributed by atoms with Gasteiger partial charge in [0.05, 0.1) is 22.9 Å². The van der Waals surface area contributed by atoms with Crippen LogP contribution >= 0.6 is 0 Å².